The van der Waals surface area contributed by atoms with Gasteiger partial charge in [-0.2, -0.15) is 4.98 Å². The molecule has 1 rings (SSSR count). The van der Waals surface area contributed by atoms with E-state index >= 15 is 0 Å². The maximum atomic E-state index is 5.37. The van der Waals surface area contributed by atoms with Gasteiger partial charge in [0.2, 0.25) is 0 Å². The minimum atomic E-state index is 0.683. The van der Waals surface area contributed by atoms with Crippen LogP contribution in [0.3, 0.4) is 0 Å². The minimum Gasteiger partial charge on any atom is -0.432 e. The van der Waals surface area contributed by atoms with E-state index in [9.17, 15) is 0 Å². The van der Waals surface area contributed by atoms with Gasteiger partial charge in [-0.1, -0.05) is 0 Å². The summed E-state index contributed by atoms with van der Waals surface area (Å²) in [5, 5.41) is 3.04. The van der Waals surface area contributed by atoms with Crippen LogP contribution in [0.2, 0.25) is 0 Å². The summed E-state index contributed by atoms with van der Waals surface area (Å²) in [6.45, 7) is 2.64. The predicted molar refractivity (Wildman–Crippen MR) is 61.1 cm³/mol. The Morgan fingerprint density at radius 3 is 2.67 bits per heavy atom. The molecular weight excluding hydrogens is 192 g/mol. The molecule has 1 aromatic heterocycles. The number of hydrogen-bond acceptors (Lipinski definition) is 5. The number of aromatic nitrogens is 1. The van der Waals surface area contributed by atoms with E-state index in [0.29, 0.717) is 6.01 Å². The Morgan fingerprint density at radius 1 is 1.33 bits per heavy atom. The van der Waals surface area contributed by atoms with Crippen LogP contribution in [0.4, 0.5) is 6.01 Å². The molecule has 15 heavy (non-hydrogen) atoms. The molecule has 1 aromatic rings. The van der Waals surface area contributed by atoms with Crippen LogP contribution in [0.25, 0.3) is 0 Å². The average molecular weight is 212 g/mol. The molecule has 0 aliphatic rings. The third kappa shape index (κ3) is 3.89. The fourth-order valence-corrected chi connectivity index (χ4v) is 1.18. The average Bonchev–Trinajstić information content (AvgIpc) is 2.63. The molecule has 0 atom stereocenters. The number of likely N-dealkylation sites (N-methyl/N-ethyl adjacent to an activating group) is 2. The Kier molecular flexibility index (Phi) is 4.58. The van der Waals surface area contributed by atoms with Crippen molar-refractivity contribution in [2.24, 2.45) is 0 Å². The summed E-state index contributed by atoms with van der Waals surface area (Å²) >= 11 is 0. The van der Waals surface area contributed by atoms with Crippen molar-refractivity contribution >= 4 is 6.01 Å². The molecule has 0 unspecified atom stereocenters. The molecule has 0 saturated heterocycles. The molecule has 86 valence electrons. The Balaban J connectivity index is 2.46. The zero-order valence-electron chi connectivity index (χ0n) is 9.95. The highest BCUT2D eigenvalue weighted by atomic mass is 16.4. The normalized spacial score (nSPS) is 11.0. The first-order valence-electron chi connectivity index (χ1n) is 5.08. The van der Waals surface area contributed by atoms with Gasteiger partial charge in [-0.3, -0.25) is 0 Å². The molecule has 0 radical (unpaired) electrons. The minimum absolute atomic E-state index is 0.683. The van der Waals surface area contributed by atoms with E-state index < -0.39 is 0 Å². The first-order valence-corrected chi connectivity index (χ1v) is 5.08. The summed E-state index contributed by atoms with van der Waals surface area (Å²) in [5.41, 5.74) is 0.934. The van der Waals surface area contributed by atoms with Crippen LogP contribution >= 0.6 is 0 Å². The van der Waals surface area contributed by atoms with Gasteiger partial charge in [0.1, 0.15) is 6.26 Å². The van der Waals surface area contributed by atoms with Crippen molar-refractivity contribution in [3.05, 3.63) is 12.0 Å². The van der Waals surface area contributed by atoms with E-state index in [0.717, 1.165) is 25.3 Å². The van der Waals surface area contributed by atoms with Gasteiger partial charge in [0.25, 0.3) is 6.01 Å². The summed E-state index contributed by atoms with van der Waals surface area (Å²) in [5.74, 6) is 0. The molecule has 5 heteroatoms. The van der Waals surface area contributed by atoms with Crippen molar-refractivity contribution in [1.29, 1.82) is 0 Å². The SMILES string of the molecule is CNCc1coc(N(C)CCN(C)C)n1. The molecule has 0 aliphatic carbocycles. The van der Waals surface area contributed by atoms with Gasteiger partial charge in [0.15, 0.2) is 0 Å². The number of hydrogen-bond donors (Lipinski definition) is 1. The second-order valence-electron chi connectivity index (χ2n) is 3.88. The quantitative estimate of drug-likeness (QED) is 0.739. The largest absolute Gasteiger partial charge is 0.432 e. The van der Waals surface area contributed by atoms with Crippen LogP contribution in [0.15, 0.2) is 10.7 Å². The van der Waals surface area contributed by atoms with E-state index in [2.05, 4.69) is 29.3 Å². The second-order valence-corrected chi connectivity index (χ2v) is 3.88. The van der Waals surface area contributed by atoms with Gasteiger partial charge in [-0.25, -0.2) is 0 Å². The van der Waals surface area contributed by atoms with Gasteiger partial charge >= 0.3 is 0 Å². The Labute approximate surface area is 91.1 Å². The van der Waals surface area contributed by atoms with Crippen LogP contribution in [0.1, 0.15) is 5.69 Å². The molecule has 0 fully saturated rings. The zero-order valence-corrected chi connectivity index (χ0v) is 9.95. The number of nitrogens with one attached hydrogen (secondary N) is 1. The summed E-state index contributed by atoms with van der Waals surface area (Å²) in [4.78, 5) is 8.50. The molecule has 5 nitrogen and oxygen atoms in total. The second kappa shape index (κ2) is 5.72. The molecular formula is C10H20N4O. The van der Waals surface area contributed by atoms with Gasteiger partial charge in [0.05, 0.1) is 5.69 Å². The predicted octanol–water partition coefficient (Wildman–Crippen LogP) is 0.392. The lowest BCUT2D eigenvalue weighted by Gasteiger charge is -2.17. The summed E-state index contributed by atoms with van der Waals surface area (Å²) < 4.78 is 5.37. The summed E-state index contributed by atoms with van der Waals surface area (Å²) in [6, 6.07) is 0.683. The highest BCUT2D eigenvalue weighted by Gasteiger charge is 2.08. The smallest absolute Gasteiger partial charge is 0.297 e. The number of oxazole rings is 1. The number of nitrogens with zero attached hydrogens (tertiary/aromatic N) is 3. The van der Waals surface area contributed by atoms with Crippen molar-refractivity contribution in [2.45, 2.75) is 6.54 Å². The van der Waals surface area contributed by atoms with Gasteiger partial charge in [0, 0.05) is 26.7 Å². The molecule has 1 N–H and O–H groups in total. The van der Waals surface area contributed by atoms with E-state index in [1.54, 1.807) is 6.26 Å². The lowest BCUT2D eigenvalue weighted by molar-refractivity contribution is 0.410. The monoisotopic (exact) mass is 212 g/mol. The number of rotatable bonds is 6. The van der Waals surface area contributed by atoms with E-state index in [-0.39, 0.29) is 0 Å². The van der Waals surface area contributed by atoms with E-state index in [1.807, 2.05) is 19.0 Å². The Hall–Kier alpha value is -1.07. The topological polar surface area (TPSA) is 44.5 Å². The molecule has 0 amide bonds. The van der Waals surface area contributed by atoms with Gasteiger partial charge < -0.3 is 19.5 Å². The first-order chi connectivity index (χ1) is 7.13. The third-order valence-electron chi connectivity index (χ3n) is 2.11. The maximum Gasteiger partial charge on any atom is 0.297 e. The summed E-state index contributed by atoms with van der Waals surface area (Å²) in [6.07, 6.45) is 1.69. The molecule has 0 aromatic carbocycles. The van der Waals surface area contributed by atoms with Crippen LogP contribution in [0.5, 0.6) is 0 Å². The lowest BCUT2D eigenvalue weighted by atomic mass is 10.5. The Morgan fingerprint density at radius 2 is 2.07 bits per heavy atom. The molecule has 0 aliphatic heterocycles. The van der Waals surface area contributed by atoms with Crippen LogP contribution in [0, 0.1) is 0 Å². The van der Waals surface area contributed by atoms with Gasteiger partial charge in [-0.05, 0) is 21.1 Å². The lowest BCUT2D eigenvalue weighted by Crippen LogP contribution is -2.28. The molecule has 0 saturated carbocycles. The first kappa shape index (κ1) is 12.0. The molecule has 1 heterocycles. The van der Waals surface area contributed by atoms with Crippen molar-refractivity contribution < 1.29 is 4.42 Å². The highest BCUT2D eigenvalue weighted by molar-refractivity contribution is 5.25. The molecule has 0 bridgehead atoms. The van der Waals surface area contributed by atoms with Crippen molar-refractivity contribution in [1.82, 2.24) is 15.2 Å². The summed E-state index contributed by atoms with van der Waals surface area (Å²) in [7, 11) is 7.98. The van der Waals surface area contributed by atoms with E-state index in [4.69, 9.17) is 4.42 Å². The third-order valence-corrected chi connectivity index (χ3v) is 2.11. The van der Waals surface area contributed by atoms with Crippen LogP contribution in [-0.2, 0) is 6.54 Å². The van der Waals surface area contributed by atoms with Crippen molar-refractivity contribution in [3.8, 4) is 0 Å². The Bertz CT molecular complexity index is 285. The van der Waals surface area contributed by atoms with Crippen molar-refractivity contribution in [2.75, 3.05) is 46.2 Å². The fraction of sp³-hybridized carbons (Fsp3) is 0.700. The van der Waals surface area contributed by atoms with Crippen LogP contribution in [-0.4, -0.2) is 51.2 Å². The van der Waals surface area contributed by atoms with Gasteiger partial charge in [-0.15, -0.1) is 0 Å². The zero-order chi connectivity index (χ0) is 11.3. The van der Waals surface area contributed by atoms with E-state index in [1.165, 1.54) is 0 Å². The maximum absolute atomic E-state index is 5.37. The highest BCUT2D eigenvalue weighted by Crippen LogP contribution is 2.11. The number of anilines is 1. The van der Waals surface area contributed by atoms with Crippen molar-refractivity contribution in [3.63, 3.8) is 0 Å². The van der Waals surface area contributed by atoms with Crippen LogP contribution < -0.4 is 10.2 Å². The molecule has 0 spiro atoms. The standard InChI is InChI=1S/C10H20N4O/c1-11-7-9-8-15-10(12-9)14(4)6-5-13(2)3/h8,11H,5-7H2,1-4H3. The fourth-order valence-electron chi connectivity index (χ4n) is 1.18.